The van der Waals surface area contributed by atoms with Crippen LogP contribution < -0.4 is 14.4 Å². The Morgan fingerprint density at radius 1 is 1.07 bits per heavy atom. The first kappa shape index (κ1) is 23.7. The van der Waals surface area contributed by atoms with Gasteiger partial charge in [-0.2, -0.15) is 0 Å². The van der Waals surface area contributed by atoms with Crippen LogP contribution in [0.25, 0.3) is 0 Å². The highest BCUT2D eigenvalue weighted by molar-refractivity contribution is 7.92. The third-order valence-electron chi connectivity index (χ3n) is 4.77. The molecule has 0 heterocycles. The normalized spacial score (nSPS) is 12.4. The first-order valence-corrected chi connectivity index (χ1v) is 12.0. The summed E-state index contributed by atoms with van der Waals surface area (Å²) in [5.74, 6) is 1.10. The quantitative estimate of drug-likeness (QED) is 0.579. The highest BCUT2D eigenvalue weighted by Crippen LogP contribution is 2.24. The molecule has 0 saturated heterocycles. The van der Waals surface area contributed by atoms with Crippen LogP contribution in [-0.2, 0) is 14.8 Å². The summed E-state index contributed by atoms with van der Waals surface area (Å²) in [5, 5.41) is 3.11. The number of hydrogen-bond acceptors (Lipinski definition) is 4. The van der Waals surface area contributed by atoms with Gasteiger partial charge in [0.15, 0.2) is 0 Å². The average Bonchev–Trinajstić information content (AvgIpc) is 2.70. The van der Waals surface area contributed by atoms with Crippen LogP contribution in [0.15, 0.2) is 54.6 Å². The zero-order chi connectivity index (χ0) is 22.1. The van der Waals surface area contributed by atoms with Crippen LogP contribution in [0.4, 0.5) is 5.69 Å². The minimum atomic E-state index is -3.41. The fraction of sp³-hybridized carbons (Fsp3) is 0.435. The van der Waals surface area contributed by atoms with E-state index in [1.54, 1.807) is 31.4 Å². The number of anilines is 1. The van der Waals surface area contributed by atoms with Crippen molar-refractivity contribution in [2.24, 2.45) is 5.92 Å². The number of hydrogen-bond donors (Lipinski definition) is 1. The molecule has 1 atom stereocenters. The minimum Gasteiger partial charge on any atom is -0.497 e. The van der Waals surface area contributed by atoms with E-state index in [2.05, 4.69) is 19.2 Å². The number of benzene rings is 2. The molecule has 164 valence electrons. The second-order valence-corrected chi connectivity index (χ2v) is 9.70. The van der Waals surface area contributed by atoms with Crippen molar-refractivity contribution < 1.29 is 17.9 Å². The summed E-state index contributed by atoms with van der Waals surface area (Å²) < 4.78 is 30.9. The zero-order valence-corrected chi connectivity index (χ0v) is 19.0. The molecule has 0 aliphatic carbocycles. The van der Waals surface area contributed by atoms with Crippen molar-refractivity contribution in [3.63, 3.8) is 0 Å². The molecule has 30 heavy (non-hydrogen) atoms. The van der Waals surface area contributed by atoms with E-state index < -0.39 is 10.0 Å². The van der Waals surface area contributed by atoms with Crippen molar-refractivity contribution in [1.29, 1.82) is 0 Å². The summed E-state index contributed by atoms with van der Waals surface area (Å²) in [4.78, 5) is 12.6. The van der Waals surface area contributed by atoms with E-state index in [0.29, 0.717) is 18.0 Å². The third-order valence-corrected chi connectivity index (χ3v) is 5.96. The lowest BCUT2D eigenvalue weighted by molar-refractivity contribution is -0.122. The molecule has 0 unspecified atom stereocenters. The lowest BCUT2D eigenvalue weighted by Gasteiger charge is -2.23. The largest absolute Gasteiger partial charge is 0.497 e. The molecule has 2 aromatic rings. The number of carbonyl (C=O) groups is 1. The summed E-state index contributed by atoms with van der Waals surface area (Å²) in [5.41, 5.74) is 1.64. The van der Waals surface area contributed by atoms with Gasteiger partial charge in [-0.15, -0.1) is 0 Å². The van der Waals surface area contributed by atoms with Gasteiger partial charge >= 0.3 is 0 Å². The Hall–Kier alpha value is -2.54. The summed E-state index contributed by atoms with van der Waals surface area (Å²) in [6.45, 7) is 4.49. The first-order chi connectivity index (χ1) is 14.2. The Labute approximate surface area is 180 Å². The van der Waals surface area contributed by atoms with Crippen LogP contribution in [0.5, 0.6) is 5.75 Å². The van der Waals surface area contributed by atoms with Gasteiger partial charge in [-0.1, -0.05) is 44.2 Å². The molecule has 0 bridgehead atoms. The van der Waals surface area contributed by atoms with E-state index in [-0.39, 0.29) is 24.9 Å². The maximum atomic E-state index is 12.6. The molecule has 0 aromatic heterocycles. The predicted octanol–water partition coefficient (Wildman–Crippen LogP) is 4.15. The molecule has 2 rings (SSSR count). The van der Waals surface area contributed by atoms with Crippen molar-refractivity contribution in [3.05, 3.63) is 60.2 Å². The Morgan fingerprint density at radius 2 is 1.70 bits per heavy atom. The van der Waals surface area contributed by atoms with Crippen molar-refractivity contribution in [2.75, 3.05) is 24.2 Å². The molecule has 0 spiro atoms. The number of sulfonamides is 1. The molecule has 7 heteroatoms. The zero-order valence-electron chi connectivity index (χ0n) is 18.2. The Bertz CT molecular complexity index is 897. The number of ether oxygens (including phenoxy) is 1. The SMILES string of the molecule is COc1ccc([C@@H](CC(C)C)NC(=O)CCCN(c2ccccc2)S(C)(=O)=O)cc1. The number of amides is 1. The van der Waals surface area contributed by atoms with Gasteiger partial charge in [0.25, 0.3) is 0 Å². The molecule has 0 saturated carbocycles. The van der Waals surface area contributed by atoms with Gasteiger partial charge in [-0.25, -0.2) is 8.42 Å². The van der Waals surface area contributed by atoms with Gasteiger partial charge in [0.2, 0.25) is 15.9 Å². The second kappa shape index (κ2) is 11.0. The number of rotatable bonds is 11. The molecule has 0 aliphatic rings. The molecule has 0 aliphatic heterocycles. The van der Waals surface area contributed by atoms with Gasteiger partial charge in [0.05, 0.1) is 25.1 Å². The van der Waals surface area contributed by atoms with E-state index in [9.17, 15) is 13.2 Å². The van der Waals surface area contributed by atoms with E-state index >= 15 is 0 Å². The number of carbonyl (C=O) groups excluding carboxylic acids is 1. The number of methoxy groups -OCH3 is 1. The summed E-state index contributed by atoms with van der Waals surface area (Å²) >= 11 is 0. The van der Waals surface area contributed by atoms with Crippen LogP contribution in [0.1, 0.15) is 44.7 Å². The third kappa shape index (κ3) is 7.37. The Balaban J connectivity index is 1.99. The van der Waals surface area contributed by atoms with Gasteiger partial charge in [-0.3, -0.25) is 9.10 Å². The molecular weight excluding hydrogens is 400 g/mol. The summed E-state index contributed by atoms with van der Waals surface area (Å²) in [6, 6.07) is 16.6. The fourth-order valence-corrected chi connectivity index (χ4v) is 4.28. The molecule has 2 aromatic carbocycles. The lowest BCUT2D eigenvalue weighted by Crippen LogP contribution is -2.33. The van der Waals surface area contributed by atoms with Gasteiger partial charge in [0.1, 0.15) is 5.75 Å². The van der Waals surface area contributed by atoms with E-state index in [4.69, 9.17) is 4.74 Å². The first-order valence-electron chi connectivity index (χ1n) is 10.2. The molecule has 6 nitrogen and oxygen atoms in total. The Kier molecular flexibility index (Phi) is 8.72. The summed E-state index contributed by atoms with van der Waals surface area (Å²) in [6.07, 6.45) is 2.69. The topological polar surface area (TPSA) is 75.7 Å². The molecule has 1 amide bonds. The van der Waals surface area contributed by atoms with Crippen LogP contribution in [0, 0.1) is 5.92 Å². The number of para-hydroxylation sites is 1. The van der Waals surface area contributed by atoms with E-state index in [1.165, 1.54) is 10.6 Å². The van der Waals surface area contributed by atoms with Gasteiger partial charge in [-0.05, 0) is 48.6 Å². The summed E-state index contributed by atoms with van der Waals surface area (Å²) in [7, 11) is -1.79. The Morgan fingerprint density at radius 3 is 2.23 bits per heavy atom. The molecule has 0 radical (unpaired) electrons. The number of nitrogens with one attached hydrogen (secondary N) is 1. The maximum absolute atomic E-state index is 12.6. The highest BCUT2D eigenvalue weighted by atomic mass is 32.2. The van der Waals surface area contributed by atoms with Gasteiger partial charge in [0, 0.05) is 13.0 Å². The van der Waals surface area contributed by atoms with E-state index in [0.717, 1.165) is 17.7 Å². The monoisotopic (exact) mass is 432 g/mol. The molecule has 1 N–H and O–H groups in total. The number of nitrogens with zero attached hydrogens (tertiary/aromatic N) is 1. The van der Waals surface area contributed by atoms with Gasteiger partial charge < -0.3 is 10.1 Å². The van der Waals surface area contributed by atoms with Crippen LogP contribution in [0.3, 0.4) is 0 Å². The maximum Gasteiger partial charge on any atom is 0.232 e. The van der Waals surface area contributed by atoms with Crippen LogP contribution in [-0.4, -0.2) is 34.2 Å². The smallest absolute Gasteiger partial charge is 0.232 e. The van der Waals surface area contributed by atoms with Crippen LogP contribution in [0.2, 0.25) is 0 Å². The molecular formula is C23H32N2O4S. The predicted molar refractivity (Wildman–Crippen MR) is 121 cm³/mol. The van der Waals surface area contributed by atoms with Crippen molar-refractivity contribution in [1.82, 2.24) is 5.32 Å². The average molecular weight is 433 g/mol. The lowest BCUT2D eigenvalue weighted by atomic mass is 9.96. The van der Waals surface area contributed by atoms with E-state index in [1.807, 2.05) is 30.3 Å². The van der Waals surface area contributed by atoms with Crippen molar-refractivity contribution >= 4 is 21.6 Å². The molecule has 0 fully saturated rings. The fourth-order valence-electron chi connectivity index (χ4n) is 3.32. The van der Waals surface area contributed by atoms with Crippen molar-refractivity contribution in [2.45, 2.75) is 39.2 Å². The van der Waals surface area contributed by atoms with Crippen molar-refractivity contribution in [3.8, 4) is 5.75 Å². The minimum absolute atomic E-state index is 0.0852. The standard InChI is InChI=1S/C23H32N2O4S/c1-18(2)17-22(19-12-14-21(29-3)15-13-19)24-23(26)11-8-16-25(30(4,27)28)20-9-6-5-7-10-20/h5-7,9-10,12-15,18,22H,8,11,16-17H2,1-4H3,(H,24,26)/t22-/m1/s1. The second-order valence-electron chi connectivity index (χ2n) is 7.80. The highest BCUT2D eigenvalue weighted by Gasteiger charge is 2.19. The van der Waals surface area contributed by atoms with Crippen LogP contribution >= 0.6 is 0 Å².